The first-order valence-corrected chi connectivity index (χ1v) is 6.64. The Balaban J connectivity index is 1.66. The molecule has 0 bridgehead atoms. The first-order chi connectivity index (χ1) is 7.31. The molecule has 2 aliphatic carbocycles. The van der Waals surface area contributed by atoms with Gasteiger partial charge in [0.05, 0.1) is 12.2 Å². The standard InChI is InChI=1S/C13H25NO/c1-3-10-5-4-6-12(7-10)15-13-8-11(9-13)14-2/h10-14H,3-9H2,1-2H3. The van der Waals surface area contributed by atoms with Crippen LogP contribution >= 0.6 is 0 Å². The number of hydrogen-bond acceptors (Lipinski definition) is 2. The van der Waals surface area contributed by atoms with Gasteiger partial charge >= 0.3 is 0 Å². The van der Waals surface area contributed by atoms with E-state index in [1.165, 1.54) is 44.9 Å². The Labute approximate surface area is 93.8 Å². The molecule has 2 saturated carbocycles. The Morgan fingerprint density at radius 2 is 1.93 bits per heavy atom. The van der Waals surface area contributed by atoms with Gasteiger partial charge in [0, 0.05) is 6.04 Å². The molecule has 0 heterocycles. The molecule has 0 aliphatic heterocycles. The highest BCUT2D eigenvalue weighted by Gasteiger charge is 2.32. The topological polar surface area (TPSA) is 21.3 Å². The van der Waals surface area contributed by atoms with Crippen LogP contribution in [0.3, 0.4) is 0 Å². The van der Waals surface area contributed by atoms with E-state index in [9.17, 15) is 0 Å². The summed E-state index contributed by atoms with van der Waals surface area (Å²) in [6.45, 7) is 2.31. The molecule has 2 nitrogen and oxygen atoms in total. The molecule has 2 heteroatoms. The summed E-state index contributed by atoms with van der Waals surface area (Å²) >= 11 is 0. The maximum atomic E-state index is 6.15. The van der Waals surface area contributed by atoms with Crippen molar-refractivity contribution in [1.82, 2.24) is 5.32 Å². The Bertz CT molecular complexity index is 189. The van der Waals surface area contributed by atoms with Crippen LogP contribution in [0.25, 0.3) is 0 Å². The molecule has 0 aromatic rings. The molecule has 0 amide bonds. The van der Waals surface area contributed by atoms with Gasteiger partial charge in [-0.15, -0.1) is 0 Å². The molecule has 0 radical (unpaired) electrons. The van der Waals surface area contributed by atoms with Crippen molar-refractivity contribution in [2.24, 2.45) is 5.92 Å². The zero-order chi connectivity index (χ0) is 10.7. The Hall–Kier alpha value is -0.0800. The number of ether oxygens (including phenoxy) is 1. The molecule has 88 valence electrons. The lowest BCUT2D eigenvalue weighted by Gasteiger charge is -2.39. The zero-order valence-corrected chi connectivity index (χ0v) is 10.2. The minimum Gasteiger partial charge on any atom is -0.375 e. The Morgan fingerprint density at radius 1 is 1.13 bits per heavy atom. The summed E-state index contributed by atoms with van der Waals surface area (Å²) in [7, 11) is 2.05. The molecule has 1 N–H and O–H groups in total. The molecule has 2 aliphatic rings. The molecule has 0 spiro atoms. The molecular weight excluding hydrogens is 186 g/mol. The fraction of sp³-hybridized carbons (Fsp3) is 1.00. The van der Waals surface area contributed by atoms with Crippen molar-refractivity contribution < 1.29 is 4.74 Å². The molecule has 15 heavy (non-hydrogen) atoms. The summed E-state index contributed by atoms with van der Waals surface area (Å²) in [5, 5.41) is 3.31. The van der Waals surface area contributed by atoms with Gasteiger partial charge in [-0.05, 0) is 38.6 Å². The summed E-state index contributed by atoms with van der Waals surface area (Å²) in [6, 6.07) is 0.723. The van der Waals surface area contributed by atoms with Crippen LogP contribution in [-0.2, 0) is 4.74 Å². The van der Waals surface area contributed by atoms with Crippen molar-refractivity contribution in [3.8, 4) is 0 Å². The van der Waals surface area contributed by atoms with Gasteiger partial charge in [0.25, 0.3) is 0 Å². The van der Waals surface area contributed by atoms with Crippen LogP contribution in [0.4, 0.5) is 0 Å². The van der Waals surface area contributed by atoms with Gasteiger partial charge in [-0.3, -0.25) is 0 Å². The summed E-state index contributed by atoms with van der Waals surface area (Å²) in [5.41, 5.74) is 0. The molecule has 2 unspecified atom stereocenters. The van der Waals surface area contributed by atoms with Crippen molar-refractivity contribution in [3.05, 3.63) is 0 Å². The smallest absolute Gasteiger partial charge is 0.0608 e. The van der Waals surface area contributed by atoms with Gasteiger partial charge < -0.3 is 10.1 Å². The predicted molar refractivity (Wildman–Crippen MR) is 63.0 cm³/mol. The van der Waals surface area contributed by atoms with Crippen LogP contribution in [0.1, 0.15) is 51.9 Å². The highest BCUT2D eigenvalue weighted by atomic mass is 16.5. The van der Waals surface area contributed by atoms with Gasteiger partial charge in [-0.1, -0.05) is 26.2 Å². The average molecular weight is 211 g/mol. The molecule has 2 fully saturated rings. The van der Waals surface area contributed by atoms with E-state index in [0.29, 0.717) is 12.2 Å². The minimum absolute atomic E-state index is 0.558. The molecule has 0 aromatic heterocycles. The maximum Gasteiger partial charge on any atom is 0.0608 e. The van der Waals surface area contributed by atoms with E-state index in [2.05, 4.69) is 19.3 Å². The third kappa shape index (κ3) is 2.94. The number of rotatable bonds is 4. The third-order valence-corrected chi connectivity index (χ3v) is 4.20. The summed E-state index contributed by atoms with van der Waals surface area (Å²) in [4.78, 5) is 0. The number of hydrogen-bond donors (Lipinski definition) is 1. The van der Waals surface area contributed by atoms with E-state index in [0.717, 1.165) is 12.0 Å². The number of nitrogens with one attached hydrogen (secondary N) is 1. The quantitative estimate of drug-likeness (QED) is 0.772. The lowest BCUT2D eigenvalue weighted by molar-refractivity contribution is -0.0829. The van der Waals surface area contributed by atoms with Crippen LogP contribution in [0.2, 0.25) is 0 Å². The second kappa shape index (κ2) is 5.31. The van der Waals surface area contributed by atoms with E-state index in [-0.39, 0.29) is 0 Å². The van der Waals surface area contributed by atoms with Crippen molar-refractivity contribution in [2.75, 3.05) is 7.05 Å². The molecule has 2 rings (SSSR count). The fourth-order valence-corrected chi connectivity index (χ4v) is 2.92. The fourth-order valence-electron chi connectivity index (χ4n) is 2.92. The normalized spacial score (nSPS) is 41.2. The average Bonchev–Trinajstić information content (AvgIpc) is 2.23. The van der Waals surface area contributed by atoms with Crippen LogP contribution in [-0.4, -0.2) is 25.3 Å². The first-order valence-electron chi connectivity index (χ1n) is 6.64. The van der Waals surface area contributed by atoms with Crippen LogP contribution < -0.4 is 5.32 Å². The van der Waals surface area contributed by atoms with Crippen LogP contribution in [0, 0.1) is 5.92 Å². The molecular formula is C13H25NO. The lowest BCUT2D eigenvalue weighted by Crippen LogP contribution is -2.45. The predicted octanol–water partition coefficient (Wildman–Crippen LogP) is 2.72. The van der Waals surface area contributed by atoms with E-state index in [1.807, 2.05) is 0 Å². The van der Waals surface area contributed by atoms with Crippen molar-refractivity contribution in [1.29, 1.82) is 0 Å². The second-order valence-corrected chi connectivity index (χ2v) is 5.28. The Kier molecular flexibility index (Phi) is 4.04. The van der Waals surface area contributed by atoms with Crippen molar-refractivity contribution >= 4 is 0 Å². The lowest BCUT2D eigenvalue weighted by atomic mass is 9.84. The largest absolute Gasteiger partial charge is 0.375 e. The van der Waals surface area contributed by atoms with Crippen molar-refractivity contribution in [2.45, 2.75) is 70.1 Å². The third-order valence-electron chi connectivity index (χ3n) is 4.20. The summed E-state index contributed by atoms with van der Waals surface area (Å²) in [5.74, 6) is 0.934. The maximum absolute atomic E-state index is 6.15. The van der Waals surface area contributed by atoms with Gasteiger partial charge in [0.1, 0.15) is 0 Å². The van der Waals surface area contributed by atoms with Gasteiger partial charge in [-0.2, -0.15) is 0 Å². The van der Waals surface area contributed by atoms with E-state index >= 15 is 0 Å². The first kappa shape index (κ1) is 11.4. The van der Waals surface area contributed by atoms with E-state index in [4.69, 9.17) is 4.74 Å². The molecule has 0 saturated heterocycles. The second-order valence-electron chi connectivity index (χ2n) is 5.28. The van der Waals surface area contributed by atoms with E-state index < -0.39 is 0 Å². The van der Waals surface area contributed by atoms with Crippen LogP contribution in [0.15, 0.2) is 0 Å². The molecule has 0 aromatic carbocycles. The van der Waals surface area contributed by atoms with Gasteiger partial charge in [-0.25, -0.2) is 0 Å². The SMILES string of the molecule is CCC1CCCC(OC2CC(NC)C2)C1. The van der Waals surface area contributed by atoms with Crippen molar-refractivity contribution in [3.63, 3.8) is 0 Å². The monoisotopic (exact) mass is 211 g/mol. The van der Waals surface area contributed by atoms with Crippen LogP contribution in [0.5, 0.6) is 0 Å². The zero-order valence-electron chi connectivity index (χ0n) is 10.2. The molecule has 2 atom stereocenters. The summed E-state index contributed by atoms with van der Waals surface area (Å²) < 4.78 is 6.15. The Morgan fingerprint density at radius 3 is 2.60 bits per heavy atom. The van der Waals surface area contributed by atoms with Gasteiger partial charge in [0.2, 0.25) is 0 Å². The van der Waals surface area contributed by atoms with E-state index in [1.54, 1.807) is 0 Å². The highest BCUT2D eigenvalue weighted by Crippen LogP contribution is 2.32. The highest BCUT2D eigenvalue weighted by molar-refractivity contribution is 4.86. The van der Waals surface area contributed by atoms with Gasteiger partial charge in [0.15, 0.2) is 0 Å². The summed E-state index contributed by atoms with van der Waals surface area (Å²) in [6.07, 6.45) is 10.4. The minimum atomic E-state index is 0.558.